The summed E-state index contributed by atoms with van der Waals surface area (Å²) in [4.78, 5) is 31.2. The van der Waals surface area contributed by atoms with Crippen LogP contribution in [0.4, 0.5) is 23.2 Å². The number of ether oxygens (including phenoxy) is 1. The van der Waals surface area contributed by atoms with E-state index < -0.39 is 5.91 Å². The van der Waals surface area contributed by atoms with E-state index >= 15 is 0 Å². The average molecular weight is 463 g/mol. The number of aromatic nitrogens is 3. The van der Waals surface area contributed by atoms with E-state index in [-0.39, 0.29) is 29.2 Å². The van der Waals surface area contributed by atoms with Crippen molar-refractivity contribution in [3.05, 3.63) is 54.6 Å². The van der Waals surface area contributed by atoms with Gasteiger partial charge in [-0.15, -0.1) is 5.10 Å². The monoisotopic (exact) mass is 462 g/mol. The SMILES string of the molecule is CCOC(=O)C1CC12CCN(c1ccc(NC(=O)c3nnc(Nc4ccccc4)o3)cn1)CC2. The summed E-state index contributed by atoms with van der Waals surface area (Å²) >= 11 is 0. The maximum absolute atomic E-state index is 12.5. The van der Waals surface area contributed by atoms with Crippen molar-refractivity contribution in [3.8, 4) is 0 Å². The van der Waals surface area contributed by atoms with E-state index in [4.69, 9.17) is 9.15 Å². The zero-order chi connectivity index (χ0) is 23.5. The van der Waals surface area contributed by atoms with Crippen LogP contribution < -0.4 is 15.5 Å². The van der Waals surface area contributed by atoms with Gasteiger partial charge in [0.15, 0.2) is 0 Å². The molecule has 0 bridgehead atoms. The third kappa shape index (κ3) is 4.57. The van der Waals surface area contributed by atoms with Gasteiger partial charge in [0, 0.05) is 18.8 Å². The second-order valence-corrected chi connectivity index (χ2v) is 8.62. The van der Waals surface area contributed by atoms with Crippen LogP contribution in [-0.4, -0.2) is 46.8 Å². The highest BCUT2D eigenvalue weighted by Crippen LogP contribution is 2.60. The van der Waals surface area contributed by atoms with Gasteiger partial charge in [-0.25, -0.2) is 4.98 Å². The van der Waals surface area contributed by atoms with Crippen molar-refractivity contribution in [1.29, 1.82) is 0 Å². The summed E-state index contributed by atoms with van der Waals surface area (Å²) in [6, 6.07) is 13.1. The van der Waals surface area contributed by atoms with Gasteiger partial charge in [0.1, 0.15) is 5.82 Å². The Morgan fingerprint density at radius 1 is 1.12 bits per heavy atom. The first-order valence-electron chi connectivity index (χ1n) is 11.4. The van der Waals surface area contributed by atoms with Crippen LogP contribution in [0, 0.1) is 11.3 Å². The lowest BCUT2D eigenvalue weighted by atomic mass is 9.91. The number of hydrogen-bond donors (Lipinski definition) is 2. The minimum absolute atomic E-state index is 0.0493. The molecule has 10 heteroatoms. The summed E-state index contributed by atoms with van der Waals surface area (Å²) in [5.41, 5.74) is 1.41. The first-order chi connectivity index (χ1) is 16.6. The molecule has 34 heavy (non-hydrogen) atoms. The highest BCUT2D eigenvalue weighted by atomic mass is 16.5. The van der Waals surface area contributed by atoms with Gasteiger partial charge >= 0.3 is 23.8 Å². The molecule has 176 valence electrons. The predicted molar refractivity (Wildman–Crippen MR) is 125 cm³/mol. The highest BCUT2D eigenvalue weighted by molar-refractivity contribution is 6.00. The number of carbonyl (C=O) groups excluding carboxylic acids is 2. The van der Waals surface area contributed by atoms with Crippen LogP contribution in [0.3, 0.4) is 0 Å². The lowest BCUT2D eigenvalue weighted by Gasteiger charge is -2.33. The largest absolute Gasteiger partial charge is 0.466 e. The molecule has 5 rings (SSSR count). The van der Waals surface area contributed by atoms with Gasteiger partial charge in [-0.05, 0) is 55.9 Å². The zero-order valence-electron chi connectivity index (χ0n) is 18.9. The Bertz CT molecular complexity index is 1160. The lowest BCUT2D eigenvalue weighted by molar-refractivity contribution is -0.145. The molecule has 2 aromatic heterocycles. The molecule has 1 spiro atoms. The van der Waals surface area contributed by atoms with Crippen molar-refractivity contribution in [2.45, 2.75) is 26.2 Å². The van der Waals surface area contributed by atoms with E-state index in [9.17, 15) is 9.59 Å². The summed E-state index contributed by atoms with van der Waals surface area (Å²) in [7, 11) is 0. The molecule has 1 unspecified atom stereocenters. The first kappa shape index (κ1) is 21.9. The van der Waals surface area contributed by atoms with Gasteiger partial charge < -0.3 is 24.7 Å². The Labute approximate surface area is 196 Å². The predicted octanol–water partition coefficient (Wildman–Crippen LogP) is 3.63. The molecule has 3 aromatic rings. The number of benzene rings is 1. The van der Waals surface area contributed by atoms with Crippen LogP contribution >= 0.6 is 0 Å². The molecule has 1 amide bonds. The summed E-state index contributed by atoms with van der Waals surface area (Å²) in [5.74, 6) is 0.172. The van der Waals surface area contributed by atoms with E-state index in [1.54, 1.807) is 12.3 Å². The Morgan fingerprint density at radius 2 is 1.91 bits per heavy atom. The summed E-state index contributed by atoms with van der Waals surface area (Å²) < 4.78 is 10.6. The minimum atomic E-state index is -0.512. The van der Waals surface area contributed by atoms with E-state index in [0.29, 0.717) is 12.3 Å². The van der Waals surface area contributed by atoms with E-state index in [1.165, 1.54) is 0 Å². The molecule has 10 nitrogen and oxygen atoms in total. The number of piperidine rings is 1. The molecular weight excluding hydrogens is 436 g/mol. The van der Waals surface area contributed by atoms with Gasteiger partial charge in [-0.1, -0.05) is 23.3 Å². The van der Waals surface area contributed by atoms with Crippen LogP contribution in [0.2, 0.25) is 0 Å². The maximum Gasteiger partial charge on any atom is 0.320 e. The number of pyridine rings is 1. The third-order valence-corrected chi connectivity index (χ3v) is 6.49. The zero-order valence-corrected chi connectivity index (χ0v) is 18.9. The fraction of sp³-hybridized carbons (Fsp3) is 0.375. The number of hydrogen-bond acceptors (Lipinski definition) is 9. The van der Waals surface area contributed by atoms with E-state index in [2.05, 4.69) is 30.7 Å². The van der Waals surface area contributed by atoms with E-state index in [0.717, 1.165) is 43.9 Å². The molecule has 1 aliphatic carbocycles. The molecule has 1 aromatic carbocycles. The van der Waals surface area contributed by atoms with Crippen LogP contribution in [0.15, 0.2) is 53.1 Å². The molecule has 3 heterocycles. The van der Waals surface area contributed by atoms with E-state index in [1.807, 2.05) is 43.3 Å². The van der Waals surface area contributed by atoms with Gasteiger partial charge in [-0.2, -0.15) is 0 Å². The van der Waals surface area contributed by atoms with Crippen molar-refractivity contribution >= 4 is 35.1 Å². The molecule has 1 atom stereocenters. The van der Waals surface area contributed by atoms with Gasteiger partial charge in [0.05, 0.1) is 24.4 Å². The second kappa shape index (κ2) is 9.12. The first-order valence-corrected chi connectivity index (χ1v) is 11.4. The molecular formula is C24H26N6O4. The van der Waals surface area contributed by atoms with Gasteiger partial charge in [0.25, 0.3) is 0 Å². The Balaban J connectivity index is 1.13. The topological polar surface area (TPSA) is 122 Å². The number of anilines is 4. The van der Waals surface area contributed by atoms with Crippen molar-refractivity contribution in [3.63, 3.8) is 0 Å². The number of carbonyl (C=O) groups is 2. The molecule has 1 saturated heterocycles. The fourth-order valence-electron chi connectivity index (χ4n) is 4.50. The third-order valence-electron chi connectivity index (χ3n) is 6.49. The molecule has 2 N–H and O–H groups in total. The second-order valence-electron chi connectivity index (χ2n) is 8.62. The molecule has 1 saturated carbocycles. The van der Waals surface area contributed by atoms with Crippen LogP contribution in [0.25, 0.3) is 0 Å². The average Bonchev–Trinajstić information content (AvgIpc) is 3.35. The summed E-state index contributed by atoms with van der Waals surface area (Å²) in [5, 5.41) is 13.3. The van der Waals surface area contributed by atoms with Crippen LogP contribution in [-0.2, 0) is 9.53 Å². The Hall–Kier alpha value is -3.95. The normalized spacial score (nSPS) is 18.4. The van der Waals surface area contributed by atoms with Gasteiger partial charge in [-0.3, -0.25) is 9.59 Å². The van der Waals surface area contributed by atoms with Crippen LogP contribution in [0.5, 0.6) is 0 Å². The number of nitrogens with one attached hydrogen (secondary N) is 2. The number of esters is 1. The van der Waals surface area contributed by atoms with Crippen molar-refractivity contribution in [2.75, 3.05) is 35.2 Å². The molecule has 0 radical (unpaired) electrons. The molecule has 2 fully saturated rings. The number of nitrogens with zero attached hydrogens (tertiary/aromatic N) is 4. The Kier molecular flexibility index (Phi) is 5.87. The lowest BCUT2D eigenvalue weighted by Crippen LogP contribution is -2.36. The van der Waals surface area contributed by atoms with Crippen molar-refractivity contribution < 1.29 is 18.7 Å². The molecule has 1 aliphatic heterocycles. The fourth-order valence-corrected chi connectivity index (χ4v) is 4.50. The minimum Gasteiger partial charge on any atom is -0.466 e. The number of para-hydroxylation sites is 1. The van der Waals surface area contributed by atoms with Crippen molar-refractivity contribution in [2.24, 2.45) is 11.3 Å². The van der Waals surface area contributed by atoms with Gasteiger partial charge in [0.2, 0.25) is 0 Å². The number of amides is 1. The maximum atomic E-state index is 12.5. The molecule has 2 aliphatic rings. The number of rotatable bonds is 7. The quantitative estimate of drug-likeness (QED) is 0.507. The summed E-state index contributed by atoms with van der Waals surface area (Å²) in [6.07, 6.45) is 4.44. The van der Waals surface area contributed by atoms with Crippen molar-refractivity contribution in [1.82, 2.24) is 15.2 Å². The standard InChI is InChI=1S/C24H26N6O4/c1-2-33-22(32)18-14-24(18)10-12-30(13-11-24)19-9-8-17(15-25-19)26-20(31)21-28-29-23(34-21)27-16-6-4-3-5-7-16/h3-9,15,18H,2,10-14H2,1H3,(H,26,31)(H,27,29). The smallest absolute Gasteiger partial charge is 0.320 e. The van der Waals surface area contributed by atoms with Crippen LogP contribution in [0.1, 0.15) is 36.9 Å². The highest BCUT2D eigenvalue weighted by Gasteiger charge is 2.59. The Morgan fingerprint density at radius 3 is 2.62 bits per heavy atom. The summed E-state index contributed by atoms with van der Waals surface area (Å²) in [6.45, 7) is 3.96.